The Kier molecular flexibility index (Phi) is 6.05. The third kappa shape index (κ3) is 4.74. The molecule has 2 aromatic carbocycles. The molecule has 0 aliphatic heterocycles. The third-order valence-corrected chi connectivity index (χ3v) is 5.15. The number of para-hydroxylation sites is 2. The molecule has 0 atom stereocenters. The van der Waals surface area contributed by atoms with Gasteiger partial charge in [-0.05, 0) is 43.0 Å². The van der Waals surface area contributed by atoms with Crippen LogP contribution in [0.25, 0.3) is 16.6 Å². The van der Waals surface area contributed by atoms with Crippen LogP contribution in [-0.4, -0.2) is 26.6 Å². The minimum Gasteiger partial charge on any atom is -0.356 e. The van der Waals surface area contributed by atoms with Gasteiger partial charge in [0.25, 0.3) is 0 Å². The Bertz CT molecular complexity index is 1050. The first-order valence-corrected chi connectivity index (χ1v) is 10.2. The molecule has 0 aliphatic carbocycles. The van der Waals surface area contributed by atoms with Gasteiger partial charge < -0.3 is 14.5 Å². The zero-order chi connectivity index (χ0) is 19.9. The number of amides is 1. The average molecular weight is 386 g/mol. The van der Waals surface area contributed by atoms with Crippen molar-refractivity contribution in [3.05, 3.63) is 85.1 Å². The Morgan fingerprint density at radius 2 is 1.83 bits per heavy atom. The van der Waals surface area contributed by atoms with Crippen molar-refractivity contribution in [2.45, 2.75) is 32.2 Å². The van der Waals surface area contributed by atoms with Gasteiger partial charge in [0.15, 0.2) is 0 Å². The van der Waals surface area contributed by atoms with Gasteiger partial charge in [-0.2, -0.15) is 0 Å². The van der Waals surface area contributed by atoms with Gasteiger partial charge >= 0.3 is 0 Å². The molecule has 0 spiro atoms. The van der Waals surface area contributed by atoms with E-state index in [0.29, 0.717) is 13.0 Å². The molecule has 0 radical (unpaired) electrons. The van der Waals surface area contributed by atoms with E-state index in [2.05, 4.69) is 69.6 Å². The topological polar surface area (TPSA) is 51.9 Å². The molecule has 1 N–H and O–H groups in total. The predicted molar refractivity (Wildman–Crippen MR) is 116 cm³/mol. The second kappa shape index (κ2) is 9.24. The quantitative estimate of drug-likeness (QED) is 0.435. The Labute approximate surface area is 171 Å². The third-order valence-electron chi connectivity index (χ3n) is 5.15. The summed E-state index contributed by atoms with van der Waals surface area (Å²) in [7, 11) is 0. The lowest BCUT2D eigenvalue weighted by Crippen LogP contribution is -2.24. The van der Waals surface area contributed by atoms with E-state index in [1.54, 1.807) is 12.5 Å². The van der Waals surface area contributed by atoms with Gasteiger partial charge in [0.2, 0.25) is 5.91 Å². The van der Waals surface area contributed by atoms with Crippen LogP contribution in [0.2, 0.25) is 0 Å². The molecule has 0 saturated carbocycles. The van der Waals surface area contributed by atoms with Crippen molar-refractivity contribution >= 4 is 16.8 Å². The number of carbonyl (C=O) groups is 1. The SMILES string of the molecule is O=C(CCCc1cn(-c2ccccc2)c2ccccc12)NCCCn1ccnc1. The van der Waals surface area contributed by atoms with E-state index in [9.17, 15) is 4.79 Å². The average Bonchev–Trinajstić information content (AvgIpc) is 3.40. The Hall–Kier alpha value is -3.34. The number of aryl methyl sites for hydroxylation is 2. The lowest BCUT2D eigenvalue weighted by Gasteiger charge is -2.06. The van der Waals surface area contributed by atoms with Gasteiger partial charge in [-0.3, -0.25) is 4.79 Å². The van der Waals surface area contributed by atoms with Crippen LogP contribution < -0.4 is 5.32 Å². The summed E-state index contributed by atoms with van der Waals surface area (Å²) in [4.78, 5) is 16.2. The number of nitrogens with one attached hydrogen (secondary N) is 1. The number of benzene rings is 2. The second-order valence-electron chi connectivity index (χ2n) is 7.23. The standard InChI is InChI=1S/C24H26N4O/c29-24(26-14-7-16-27-17-15-25-19-27)13-6-8-20-18-28(21-9-2-1-3-10-21)23-12-5-4-11-22(20)23/h1-5,9-12,15,17-19H,6-8,13-14,16H2,(H,26,29). The highest BCUT2D eigenvalue weighted by molar-refractivity contribution is 5.85. The molecule has 0 aliphatic rings. The maximum Gasteiger partial charge on any atom is 0.220 e. The summed E-state index contributed by atoms with van der Waals surface area (Å²) in [6, 6.07) is 18.9. The fraction of sp³-hybridized carbons (Fsp3) is 0.250. The monoisotopic (exact) mass is 386 g/mol. The summed E-state index contributed by atoms with van der Waals surface area (Å²) in [5, 5.41) is 4.28. The van der Waals surface area contributed by atoms with Gasteiger partial charge in [0.1, 0.15) is 0 Å². The number of hydrogen-bond donors (Lipinski definition) is 1. The van der Waals surface area contributed by atoms with Crippen molar-refractivity contribution in [2.75, 3.05) is 6.54 Å². The maximum absolute atomic E-state index is 12.1. The zero-order valence-corrected chi connectivity index (χ0v) is 16.5. The molecule has 5 heteroatoms. The molecule has 4 rings (SSSR count). The molecule has 29 heavy (non-hydrogen) atoms. The fourth-order valence-electron chi connectivity index (χ4n) is 3.69. The van der Waals surface area contributed by atoms with E-state index in [0.717, 1.165) is 31.5 Å². The smallest absolute Gasteiger partial charge is 0.220 e. The van der Waals surface area contributed by atoms with Crippen molar-refractivity contribution in [3.63, 3.8) is 0 Å². The van der Waals surface area contributed by atoms with Crippen LogP contribution in [0, 0.1) is 0 Å². The number of imidazole rings is 1. The highest BCUT2D eigenvalue weighted by atomic mass is 16.1. The molecular weight excluding hydrogens is 360 g/mol. The number of carbonyl (C=O) groups excluding carboxylic acids is 1. The van der Waals surface area contributed by atoms with Gasteiger partial charge in [-0.1, -0.05) is 36.4 Å². The Morgan fingerprint density at radius 3 is 2.66 bits per heavy atom. The number of fused-ring (bicyclic) bond motifs is 1. The van der Waals surface area contributed by atoms with E-state index >= 15 is 0 Å². The number of rotatable bonds is 9. The van der Waals surface area contributed by atoms with Crippen LogP contribution in [0.5, 0.6) is 0 Å². The second-order valence-corrected chi connectivity index (χ2v) is 7.23. The van der Waals surface area contributed by atoms with E-state index in [-0.39, 0.29) is 5.91 Å². The molecule has 5 nitrogen and oxygen atoms in total. The molecule has 4 aromatic rings. The van der Waals surface area contributed by atoms with Crippen LogP contribution >= 0.6 is 0 Å². The van der Waals surface area contributed by atoms with Crippen molar-refractivity contribution in [2.24, 2.45) is 0 Å². The van der Waals surface area contributed by atoms with Gasteiger partial charge in [-0.25, -0.2) is 4.98 Å². The molecule has 0 fully saturated rings. The Morgan fingerprint density at radius 1 is 1.00 bits per heavy atom. The van der Waals surface area contributed by atoms with Crippen molar-refractivity contribution < 1.29 is 4.79 Å². The molecule has 2 heterocycles. The lowest BCUT2D eigenvalue weighted by atomic mass is 10.1. The van der Waals surface area contributed by atoms with Crippen molar-refractivity contribution in [3.8, 4) is 5.69 Å². The number of aromatic nitrogens is 3. The van der Waals surface area contributed by atoms with Crippen molar-refractivity contribution in [1.82, 2.24) is 19.4 Å². The summed E-state index contributed by atoms with van der Waals surface area (Å²) >= 11 is 0. The van der Waals surface area contributed by atoms with E-state index < -0.39 is 0 Å². The molecule has 2 aromatic heterocycles. The van der Waals surface area contributed by atoms with Crippen LogP contribution in [0.3, 0.4) is 0 Å². The molecule has 148 valence electrons. The van der Waals surface area contributed by atoms with E-state index in [1.807, 2.05) is 16.8 Å². The van der Waals surface area contributed by atoms with Crippen LogP contribution in [0.15, 0.2) is 79.5 Å². The Balaban J connectivity index is 1.31. The van der Waals surface area contributed by atoms with Gasteiger partial charge in [0, 0.05) is 49.2 Å². The van der Waals surface area contributed by atoms with Gasteiger partial charge in [-0.15, -0.1) is 0 Å². The first kappa shape index (κ1) is 19.0. The van der Waals surface area contributed by atoms with E-state index in [4.69, 9.17) is 0 Å². The molecule has 0 saturated heterocycles. The molecule has 0 unspecified atom stereocenters. The van der Waals surface area contributed by atoms with Gasteiger partial charge in [0.05, 0.1) is 11.8 Å². The first-order valence-electron chi connectivity index (χ1n) is 10.2. The van der Waals surface area contributed by atoms with Crippen LogP contribution in [0.4, 0.5) is 0 Å². The fourth-order valence-corrected chi connectivity index (χ4v) is 3.69. The summed E-state index contributed by atoms with van der Waals surface area (Å²) in [5.74, 6) is 0.127. The summed E-state index contributed by atoms with van der Waals surface area (Å²) in [6.07, 6.45) is 10.9. The number of hydrogen-bond acceptors (Lipinski definition) is 2. The minimum atomic E-state index is 0.127. The summed E-state index contributed by atoms with van der Waals surface area (Å²) < 4.78 is 4.26. The number of nitrogens with zero attached hydrogens (tertiary/aromatic N) is 3. The maximum atomic E-state index is 12.1. The first-order chi connectivity index (χ1) is 14.3. The molecular formula is C24H26N4O. The van der Waals surface area contributed by atoms with E-state index in [1.165, 1.54) is 16.5 Å². The molecule has 1 amide bonds. The van der Waals surface area contributed by atoms with Crippen LogP contribution in [-0.2, 0) is 17.8 Å². The summed E-state index contributed by atoms with van der Waals surface area (Å²) in [5.41, 5.74) is 3.65. The zero-order valence-electron chi connectivity index (χ0n) is 16.5. The largest absolute Gasteiger partial charge is 0.356 e. The normalized spacial score (nSPS) is 11.0. The minimum absolute atomic E-state index is 0.127. The van der Waals surface area contributed by atoms with Crippen LogP contribution in [0.1, 0.15) is 24.8 Å². The lowest BCUT2D eigenvalue weighted by molar-refractivity contribution is -0.121. The molecule has 0 bridgehead atoms. The predicted octanol–water partition coefficient (Wildman–Crippen LogP) is 4.36. The highest BCUT2D eigenvalue weighted by Gasteiger charge is 2.10. The summed E-state index contributed by atoms with van der Waals surface area (Å²) in [6.45, 7) is 1.57. The highest BCUT2D eigenvalue weighted by Crippen LogP contribution is 2.26. The van der Waals surface area contributed by atoms with Crippen molar-refractivity contribution in [1.29, 1.82) is 0 Å².